The Morgan fingerprint density at radius 3 is 2.73 bits per heavy atom. The summed E-state index contributed by atoms with van der Waals surface area (Å²) < 4.78 is 0. The van der Waals surface area contributed by atoms with E-state index in [-0.39, 0.29) is 22.2 Å². The molecule has 2 amide bonds. The average molecular weight is 374 g/mol. The zero-order valence-corrected chi connectivity index (χ0v) is 14.5. The highest BCUT2D eigenvalue weighted by molar-refractivity contribution is 6.32. The van der Waals surface area contributed by atoms with Crippen molar-refractivity contribution in [3.8, 4) is 0 Å². The Labute approximate surface area is 154 Å². The maximum absolute atomic E-state index is 12.4. The molecule has 26 heavy (non-hydrogen) atoms. The van der Waals surface area contributed by atoms with Crippen molar-refractivity contribution in [3.63, 3.8) is 0 Å². The van der Waals surface area contributed by atoms with Crippen LogP contribution in [0.15, 0.2) is 42.5 Å². The second-order valence-electron chi connectivity index (χ2n) is 5.93. The van der Waals surface area contributed by atoms with Gasteiger partial charge in [0.1, 0.15) is 5.02 Å². The molecule has 2 aromatic carbocycles. The van der Waals surface area contributed by atoms with Gasteiger partial charge in [0.2, 0.25) is 5.91 Å². The summed E-state index contributed by atoms with van der Waals surface area (Å²) in [7, 11) is 0. The normalized spacial score (nSPS) is 14.2. The summed E-state index contributed by atoms with van der Waals surface area (Å²) >= 11 is 5.77. The van der Waals surface area contributed by atoms with Gasteiger partial charge in [-0.2, -0.15) is 0 Å². The van der Waals surface area contributed by atoms with Crippen LogP contribution in [0.1, 0.15) is 29.6 Å². The minimum atomic E-state index is -0.637. The van der Waals surface area contributed by atoms with E-state index in [0.29, 0.717) is 18.7 Å². The minimum Gasteiger partial charge on any atom is -0.322 e. The van der Waals surface area contributed by atoms with Crippen LogP contribution in [0.2, 0.25) is 5.02 Å². The van der Waals surface area contributed by atoms with Crippen molar-refractivity contribution < 1.29 is 14.5 Å². The summed E-state index contributed by atoms with van der Waals surface area (Å²) in [6.45, 7) is 0.652. The van der Waals surface area contributed by atoms with Gasteiger partial charge < -0.3 is 10.2 Å². The zero-order valence-electron chi connectivity index (χ0n) is 13.8. The van der Waals surface area contributed by atoms with E-state index in [1.807, 2.05) is 6.07 Å². The number of nitrogens with one attached hydrogen (secondary N) is 1. The molecule has 1 aliphatic rings. The monoisotopic (exact) mass is 373 g/mol. The summed E-state index contributed by atoms with van der Waals surface area (Å²) in [5.41, 5.74) is 1.02. The number of halogens is 1. The molecule has 0 aliphatic carbocycles. The van der Waals surface area contributed by atoms with Gasteiger partial charge >= 0.3 is 0 Å². The van der Waals surface area contributed by atoms with Crippen LogP contribution in [-0.2, 0) is 4.79 Å². The number of carbonyl (C=O) groups is 2. The largest absolute Gasteiger partial charge is 0.322 e. The highest BCUT2D eigenvalue weighted by atomic mass is 35.5. The van der Waals surface area contributed by atoms with Crippen LogP contribution in [0.5, 0.6) is 0 Å². The van der Waals surface area contributed by atoms with Crippen molar-refractivity contribution in [3.05, 3.63) is 63.2 Å². The fraction of sp³-hybridized carbons (Fsp3) is 0.222. The summed E-state index contributed by atoms with van der Waals surface area (Å²) in [6.07, 6.45) is 2.35. The number of rotatable bonds is 4. The third kappa shape index (κ3) is 3.83. The fourth-order valence-electron chi connectivity index (χ4n) is 2.83. The van der Waals surface area contributed by atoms with Crippen molar-refractivity contribution in [2.24, 2.45) is 0 Å². The number of anilines is 2. The van der Waals surface area contributed by atoms with Gasteiger partial charge in [-0.1, -0.05) is 17.7 Å². The SMILES string of the molecule is O=C(Nc1cccc(N2CCCCC2=O)c1)c1ccc(Cl)c([N+](=O)[O-])c1. The standard InChI is InChI=1S/C18H16ClN3O4/c19-15-8-7-12(10-16(15)22(25)26)18(24)20-13-4-3-5-14(11-13)21-9-2-1-6-17(21)23/h3-5,7-8,10-11H,1-2,6,9H2,(H,20,24). The molecule has 0 aromatic heterocycles. The first kappa shape index (κ1) is 17.9. The second-order valence-corrected chi connectivity index (χ2v) is 6.34. The Kier molecular flexibility index (Phi) is 5.18. The molecule has 1 heterocycles. The maximum Gasteiger partial charge on any atom is 0.288 e. The van der Waals surface area contributed by atoms with Gasteiger partial charge in [-0.3, -0.25) is 19.7 Å². The van der Waals surface area contributed by atoms with Crippen molar-refractivity contribution in [1.82, 2.24) is 0 Å². The molecule has 0 atom stereocenters. The molecule has 2 aromatic rings. The lowest BCUT2D eigenvalue weighted by Gasteiger charge is -2.27. The molecule has 1 aliphatic heterocycles. The average Bonchev–Trinajstić information content (AvgIpc) is 2.62. The summed E-state index contributed by atoms with van der Waals surface area (Å²) in [5, 5.41) is 13.6. The van der Waals surface area contributed by atoms with Gasteiger partial charge in [0, 0.05) is 36.0 Å². The summed E-state index contributed by atoms with van der Waals surface area (Å²) in [5.74, 6) is -0.431. The molecule has 0 radical (unpaired) electrons. The number of hydrogen-bond donors (Lipinski definition) is 1. The predicted octanol–water partition coefficient (Wildman–Crippen LogP) is 4.02. The van der Waals surface area contributed by atoms with Crippen LogP contribution in [-0.4, -0.2) is 23.3 Å². The number of nitro groups is 1. The first-order valence-electron chi connectivity index (χ1n) is 8.11. The predicted molar refractivity (Wildman–Crippen MR) is 98.7 cm³/mol. The van der Waals surface area contributed by atoms with Gasteiger partial charge in [-0.25, -0.2) is 0 Å². The smallest absolute Gasteiger partial charge is 0.288 e. The van der Waals surface area contributed by atoms with Crippen LogP contribution in [0.4, 0.5) is 17.1 Å². The van der Waals surface area contributed by atoms with Crippen molar-refractivity contribution in [1.29, 1.82) is 0 Å². The molecular weight excluding hydrogens is 358 g/mol. The summed E-state index contributed by atoms with van der Waals surface area (Å²) in [4.78, 5) is 36.5. The van der Waals surface area contributed by atoms with Crippen LogP contribution in [0, 0.1) is 10.1 Å². The quantitative estimate of drug-likeness (QED) is 0.647. The van der Waals surface area contributed by atoms with E-state index in [0.717, 1.165) is 24.6 Å². The van der Waals surface area contributed by atoms with Gasteiger partial charge in [0.25, 0.3) is 11.6 Å². The molecule has 134 valence electrons. The van der Waals surface area contributed by atoms with E-state index >= 15 is 0 Å². The number of benzene rings is 2. The molecule has 7 nitrogen and oxygen atoms in total. The lowest BCUT2D eigenvalue weighted by Crippen LogP contribution is -2.35. The van der Waals surface area contributed by atoms with Crippen molar-refractivity contribution >= 4 is 40.5 Å². The number of hydrogen-bond acceptors (Lipinski definition) is 4. The number of piperidine rings is 1. The first-order chi connectivity index (χ1) is 12.5. The number of nitrogens with zero attached hydrogens (tertiary/aromatic N) is 2. The number of nitro benzene ring substituents is 1. The van der Waals surface area contributed by atoms with E-state index in [1.165, 1.54) is 12.1 Å². The molecule has 0 saturated carbocycles. The molecule has 1 N–H and O–H groups in total. The first-order valence-corrected chi connectivity index (χ1v) is 8.49. The Morgan fingerprint density at radius 2 is 2.00 bits per heavy atom. The van der Waals surface area contributed by atoms with Crippen molar-refractivity contribution in [2.45, 2.75) is 19.3 Å². The fourth-order valence-corrected chi connectivity index (χ4v) is 3.01. The van der Waals surface area contributed by atoms with Crippen LogP contribution in [0.3, 0.4) is 0 Å². The highest BCUT2D eigenvalue weighted by Crippen LogP contribution is 2.27. The summed E-state index contributed by atoms with van der Waals surface area (Å²) in [6, 6.07) is 10.8. The molecule has 1 fully saturated rings. The second kappa shape index (κ2) is 7.53. The Hall–Kier alpha value is -2.93. The van der Waals surface area contributed by atoms with E-state index in [1.54, 1.807) is 23.1 Å². The van der Waals surface area contributed by atoms with Crippen molar-refractivity contribution in [2.75, 3.05) is 16.8 Å². The molecule has 0 spiro atoms. The molecule has 3 rings (SSSR count). The Morgan fingerprint density at radius 1 is 1.19 bits per heavy atom. The zero-order chi connectivity index (χ0) is 18.7. The topological polar surface area (TPSA) is 92.6 Å². The third-order valence-electron chi connectivity index (χ3n) is 4.14. The third-order valence-corrected chi connectivity index (χ3v) is 4.46. The van der Waals surface area contributed by atoms with Gasteiger partial charge in [-0.15, -0.1) is 0 Å². The van der Waals surface area contributed by atoms with Crippen LogP contribution >= 0.6 is 11.6 Å². The number of carbonyl (C=O) groups excluding carboxylic acids is 2. The van der Waals surface area contributed by atoms with Crippen LogP contribution in [0.25, 0.3) is 0 Å². The van der Waals surface area contributed by atoms with E-state index in [9.17, 15) is 19.7 Å². The maximum atomic E-state index is 12.4. The lowest BCUT2D eigenvalue weighted by molar-refractivity contribution is -0.384. The highest BCUT2D eigenvalue weighted by Gasteiger charge is 2.20. The van der Waals surface area contributed by atoms with Gasteiger partial charge in [-0.05, 0) is 43.2 Å². The number of amides is 2. The Balaban J connectivity index is 1.80. The minimum absolute atomic E-state index is 0.0304. The van der Waals surface area contributed by atoms with Gasteiger partial charge in [0.05, 0.1) is 4.92 Å². The van der Waals surface area contributed by atoms with E-state index in [2.05, 4.69) is 5.32 Å². The molecule has 0 unspecified atom stereocenters. The van der Waals surface area contributed by atoms with E-state index in [4.69, 9.17) is 11.6 Å². The van der Waals surface area contributed by atoms with Gasteiger partial charge in [0.15, 0.2) is 0 Å². The lowest BCUT2D eigenvalue weighted by atomic mass is 10.1. The van der Waals surface area contributed by atoms with E-state index < -0.39 is 10.8 Å². The molecule has 0 bridgehead atoms. The molecule has 8 heteroatoms. The Bertz CT molecular complexity index is 884. The molecule has 1 saturated heterocycles. The van der Waals surface area contributed by atoms with Crippen LogP contribution < -0.4 is 10.2 Å². The molecular formula is C18H16ClN3O4.